The summed E-state index contributed by atoms with van der Waals surface area (Å²) in [7, 11) is 1.60. The third kappa shape index (κ3) is 4.31. The van der Waals surface area contributed by atoms with Crippen molar-refractivity contribution in [1.82, 2.24) is 4.98 Å². The van der Waals surface area contributed by atoms with Gasteiger partial charge in [-0.05, 0) is 53.6 Å². The molecule has 0 aliphatic rings. The van der Waals surface area contributed by atoms with Crippen molar-refractivity contribution in [2.45, 2.75) is 0 Å². The number of hydrogen-bond acceptors (Lipinski definition) is 6. The number of benzene rings is 3. The van der Waals surface area contributed by atoms with Crippen LogP contribution in [0.1, 0.15) is 9.67 Å². The molecule has 0 bridgehead atoms. The maximum absolute atomic E-state index is 14.0. The number of fused-ring (bicyclic) bond motifs is 1. The molecular formula is C27H18F2N2O3S. The van der Waals surface area contributed by atoms with E-state index in [1.165, 1.54) is 0 Å². The summed E-state index contributed by atoms with van der Waals surface area (Å²) in [4.78, 5) is 18.3. The van der Waals surface area contributed by atoms with E-state index in [9.17, 15) is 13.6 Å². The zero-order valence-electron chi connectivity index (χ0n) is 18.4. The number of halogens is 2. The molecular weight excluding hydrogens is 470 g/mol. The number of carbonyl (C=O) groups is 1. The number of nitrogen functional groups attached to an aromatic ring is 1. The van der Waals surface area contributed by atoms with Gasteiger partial charge in [0.2, 0.25) is 0 Å². The van der Waals surface area contributed by atoms with Gasteiger partial charge in [-0.2, -0.15) is 0 Å². The lowest BCUT2D eigenvalue weighted by Gasteiger charge is -2.09. The van der Waals surface area contributed by atoms with E-state index in [0.717, 1.165) is 45.9 Å². The van der Waals surface area contributed by atoms with Crippen LogP contribution < -0.4 is 15.2 Å². The molecule has 0 amide bonds. The molecule has 0 aliphatic carbocycles. The molecule has 0 radical (unpaired) electrons. The van der Waals surface area contributed by atoms with Crippen LogP contribution in [0.25, 0.3) is 32.6 Å². The van der Waals surface area contributed by atoms with E-state index in [1.807, 2.05) is 60.7 Å². The largest absolute Gasteiger partial charge is 0.497 e. The predicted octanol–water partition coefficient (Wildman–Crippen LogP) is 6.72. The van der Waals surface area contributed by atoms with Crippen molar-refractivity contribution in [3.05, 3.63) is 95.4 Å². The van der Waals surface area contributed by atoms with E-state index in [1.54, 1.807) is 7.11 Å². The third-order valence-corrected chi connectivity index (χ3v) is 6.53. The quantitative estimate of drug-likeness (QED) is 0.220. The first-order valence-corrected chi connectivity index (χ1v) is 11.4. The van der Waals surface area contributed by atoms with Crippen LogP contribution in [0.3, 0.4) is 0 Å². The lowest BCUT2D eigenvalue weighted by atomic mass is 9.99. The van der Waals surface area contributed by atoms with Gasteiger partial charge in [-0.15, -0.1) is 11.3 Å². The minimum atomic E-state index is -0.983. The molecule has 0 saturated heterocycles. The van der Waals surface area contributed by atoms with Gasteiger partial charge >= 0.3 is 5.97 Å². The lowest BCUT2D eigenvalue weighted by molar-refractivity contribution is 0.0733. The van der Waals surface area contributed by atoms with Crippen molar-refractivity contribution in [3.63, 3.8) is 0 Å². The topological polar surface area (TPSA) is 74.4 Å². The molecule has 3 aromatic carbocycles. The fourth-order valence-electron chi connectivity index (χ4n) is 3.73. The summed E-state index contributed by atoms with van der Waals surface area (Å²) in [6, 6.07) is 21.7. The Hall–Kier alpha value is -4.30. The molecule has 5 nitrogen and oxygen atoms in total. The van der Waals surface area contributed by atoms with Crippen molar-refractivity contribution < 1.29 is 23.0 Å². The molecule has 5 rings (SSSR count). The van der Waals surface area contributed by atoms with Crippen LogP contribution in [-0.2, 0) is 0 Å². The van der Waals surface area contributed by atoms with Gasteiger partial charge < -0.3 is 15.2 Å². The molecule has 0 fully saturated rings. The van der Waals surface area contributed by atoms with Crippen LogP contribution in [0.4, 0.5) is 14.5 Å². The Morgan fingerprint density at radius 2 is 1.69 bits per heavy atom. The highest BCUT2D eigenvalue weighted by Gasteiger charge is 2.24. The summed E-state index contributed by atoms with van der Waals surface area (Å²) in [6.07, 6.45) is 0. The Balaban J connectivity index is 1.64. The fourth-order valence-corrected chi connectivity index (χ4v) is 4.73. The highest BCUT2D eigenvalue weighted by Crippen LogP contribution is 2.41. The summed E-state index contributed by atoms with van der Waals surface area (Å²) in [5.74, 6) is -2.27. The smallest absolute Gasteiger partial charge is 0.356 e. The second kappa shape index (κ2) is 9.15. The van der Waals surface area contributed by atoms with E-state index >= 15 is 0 Å². The third-order valence-electron chi connectivity index (χ3n) is 5.45. The average molecular weight is 489 g/mol. The minimum absolute atomic E-state index is 0.0836. The number of esters is 1. The normalized spacial score (nSPS) is 10.9. The van der Waals surface area contributed by atoms with Gasteiger partial charge in [-0.1, -0.05) is 30.3 Å². The van der Waals surface area contributed by atoms with Gasteiger partial charge in [-0.25, -0.2) is 18.6 Å². The fraction of sp³-hybridized carbons (Fsp3) is 0.0370. The van der Waals surface area contributed by atoms with Crippen LogP contribution in [0, 0.1) is 11.6 Å². The van der Waals surface area contributed by atoms with E-state index in [0.29, 0.717) is 22.0 Å². The standard InChI is InChI=1S/C27H18F2N2O3S/c1-33-18-10-7-16(8-11-18)21-14-19(15-5-3-2-4-6-15)23-24(30)25(35-26(23)31-21)27(32)34-22-12-9-17(28)13-20(22)29/h2-14H,30H2,1H3. The van der Waals surface area contributed by atoms with Crippen molar-refractivity contribution in [1.29, 1.82) is 0 Å². The Morgan fingerprint density at radius 3 is 2.37 bits per heavy atom. The Labute approximate surface area is 203 Å². The van der Waals surface area contributed by atoms with Gasteiger partial charge in [0.05, 0.1) is 18.5 Å². The van der Waals surface area contributed by atoms with Crippen molar-refractivity contribution in [3.8, 4) is 33.9 Å². The van der Waals surface area contributed by atoms with Gasteiger partial charge in [0, 0.05) is 17.0 Å². The summed E-state index contributed by atoms with van der Waals surface area (Å²) in [5, 5.41) is 0.602. The van der Waals surface area contributed by atoms with E-state index < -0.39 is 17.6 Å². The molecule has 174 valence electrons. The number of rotatable bonds is 5. The van der Waals surface area contributed by atoms with Crippen molar-refractivity contribution in [2.75, 3.05) is 12.8 Å². The summed E-state index contributed by atoms with van der Waals surface area (Å²) >= 11 is 1.05. The minimum Gasteiger partial charge on any atom is -0.497 e. The Bertz CT molecular complexity index is 1550. The zero-order chi connectivity index (χ0) is 24.5. The van der Waals surface area contributed by atoms with Gasteiger partial charge in [-0.3, -0.25) is 0 Å². The molecule has 0 saturated carbocycles. The number of methoxy groups -OCH3 is 1. The number of anilines is 1. The van der Waals surface area contributed by atoms with Gasteiger partial charge in [0.15, 0.2) is 11.6 Å². The Morgan fingerprint density at radius 1 is 0.943 bits per heavy atom. The number of carbonyl (C=O) groups excluding carboxylic acids is 1. The summed E-state index contributed by atoms with van der Waals surface area (Å²) in [6.45, 7) is 0. The number of thiophene rings is 1. The highest BCUT2D eigenvalue weighted by atomic mass is 32.1. The summed E-state index contributed by atoms with van der Waals surface area (Å²) < 4.78 is 37.7. The lowest BCUT2D eigenvalue weighted by Crippen LogP contribution is -2.09. The predicted molar refractivity (Wildman–Crippen MR) is 133 cm³/mol. The number of aromatic nitrogens is 1. The molecule has 35 heavy (non-hydrogen) atoms. The van der Waals surface area contributed by atoms with Gasteiger partial charge in [0.25, 0.3) is 0 Å². The van der Waals surface area contributed by atoms with Crippen molar-refractivity contribution in [2.24, 2.45) is 0 Å². The first kappa shape index (κ1) is 22.5. The highest BCUT2D eigenvalue weighted by molar-refractivity contribution is 7.21. The molecule has 2 aromatic heterocycles. The average Bonchev–Trinajstić information content (AvgIpc) is 3.22. The van der Waals surface area contributed by atoms with Crippen LogP contribution in [0.2, 0.25) is 0 Å². The molecule has 0 unspecified atom stereocenters. The van der Waals surface area contributed by atoms with E-state index in [-0.39, 0.29) is 16.3 Å². The van der Waals surface area contributed by atoms with E-state index in [2.05, 4.69) is 0 Å². The maximum atomic E-state index is 14.0. The molecule has 0 aliphatic heterocycles. The van der Waals surface area contributed by atoms with E-state index in [4.69, 9.17) is 20.2 Å². The Kier molecular flexibility index (Phi) is 5.88. The van der Waals surface area contributed by atoms with Crippen molar-refractivity contribution >= 4 is 33.2 Å². The number of hydrogen-bond donors (Lipinski definition) is 1. The van der Waals surface area contributed by atoms with Crippen LogP contribution in [-0.4, -0.2) is 18.1 Å². The molecule has 2 N–H and O–H groups in total. The number of ether oxygens (including phenoxy) is 2. The van der Waals surface area contributed by atoms with Crippen LogP contribution in [0.5, 0.6) is 11.5 Å². The van der Waals surface area contributed by atoms with Crippen LogP contribution in [0.15, 0.2) is 78.9 Å². The first-order chi connectivity index (χ1) is 16.9. The molecule has 0 atom stereocenters. The monoisotopic (exact) mass is 488 g/mol. The maximum Gasteiger partial charge on any atom is 0.356 e. The SMILES string of the molecule is COc1ccc(-c2cc(-c3ccccc3)c3c(N)c(C(=O)Oc4ccc(F)cc4F)sc3n2)cc1. The number of nitrogens with zero attached hydrogens (tertiary/aromatic N) is 1. The summed E-state index contributed by atoms with van der Waals surface area (Å²) in [5.41, 5.74) is 9.83. The molecule has 0 spiro atoms. The van der Waals surface area contributed by atoms with Crippen LogP contribution >= 0.6 is 11.3 Å². The van der Waals surface area contributed by atoms with Gasteiger partial charge in [0.1, 0.15) is 21.3 Å². The second-order valence-corrected chi connectivity index (χ2v) is 8.64. The number of pyridine rings is 1. The number of nitrogens with two attached hydrogens (primary N) is 1. The second-order valence-electron chi connectivity index (χ2n) is 7.64. The molecule has 8 heteroatoms. The zero-order valence-corrected chi connectivity index (χ0v) is 19.2. The first-order valence-electron chi connectivity index (χ1n) is 10.5. The molecule has 2 heterocycles. The molecule has 5 aromatic rings.